The van der Waals surface area contributed by atoms with E-state index < -0.39 is 0 Å². The predicted octanol–water partition coefficient (Wildman–Crippen LogP) is 8.66. The molecule has 1 heterocycles. The SMILES string of the molecule is COc1cc(/C=N\NC(=O)c2ccc(-c3csc(Nc4ccccc4)n3)cc2)cc(I)c1OCc1cccc2ccccc12. The molecular formula is C35H27IN4O3S. The molecule has 5 aromatic carbocycles. The van der Waals surface area contributed by atoms with Gasteiger partial charge in [0, 0.05) is 22.2 Å². The van der Waals surface area contributed by atoms with Crippen LogP contribution < -0.4 is 20.2 Å². The summed E-state index contributed by atoms with van der Waals surface area (Å²) in [5.74, 6) is 0.935. The van der Waals surface area contributed by atoms with E-state index in [0.717, 1.165) is 42.2 Å². The number of carbonyl (C=O) groups excluding carboxylic acids is 1. The van der Waals surface area contributed by atoms with Gasteiger partial charge in [-0.05, 0) is 80.9 Å². The number of methoxy groups -OCH3 is 1. The van der Waals surface area contributed by atoms with Crippen molar-refractivity contribution in [2.45, 2.75) is 6.61 Å². The van der Waals surface area contributed by atoms with Crippen LogP contribution >= 0.6 is 33.9 Å². The van der Waals surface area contributed by atoms with E-state index in [0.29, 0.717) is 23.7 Å². The van der Waals surface area contributed by atoms with Gasteiger partial charge in [-0.25, -0.2) is 10.4 Å². The largest absolute Gasteiger partial charge is 0.493 e. The van der Waals surface area contributed by atoms with Crippen molar-refractivity contribution in [3.8, 4) is 22.8 Å². The molecule has 6 rings (SSSR count). The molecule has 0 saturated heterocycles. The van der Waals surface area contributed by atoms with Gasteiger partial charge >= 0.3 is 0 Å². The van der Waals surface area contributed by atoms with Crippen molar-refractivity contribution in [2.75, 3.05) is 12.4 Å². The van der Waals surface area contributed by atoms with Crippen molar-refractivity contribution >= 4 is 67.6 Å². The second-order valence-corrected chi connectivity index (χ2v) is 11.8. The van der Waals surface area contributed by atoms with E-state index in [1.165, 1.54) is 16.7 Å². The minimum Gasteiger partial charge on any atom is -0.493 e. The number of nitrogens with zero attached hydrogens (tertiary/aromatic N) is 2. The van der Waals surface area contributed by atoms with Gasteiger partial charge in [0.2, 0.25) is 0 Å². The molecule has 6 aromatic rings. The highest BCUT2D eigenvalue weighted by Gasteiger charge is 2.13. The standard InChI is InChI=1S/C35H27IN4O3S/c1-42-32-19-23(18-30(36)33(32)43-21-27-10-7-9-24-8-5-6-13-29(24)27)20-37-40-34(41)26-16-14-25(15-17-26)31-22-44-35(39-31)38-28-11-3-2-4-12-28/h2-20,22H,21H2,1H3,(H,38,39)(H,40,41)/b37-20-. The number of para-hydroxylation sites is 1. The predicted molar refractivity (Wildman–Crippen MR) is 186 cm³/mol. The number of hydrogen-bond acceptors (Lipinski definition) is 7. The zero-order valence-electron chi connectivity index (χ0n) is 23.7. The minimum absolute atomic E-state index is 0.311. The van der Waals surface area contributed by atoms with Gasteiger partial charge in [-0.2, -0.15) is 5.10 Å². The Bertz CT molecular complexity index is 1940. The number of rotatable bonds is 10. The average molecular weight is 711 g/mol. The molecular weight excluding hydrogens is 683 g/mol. The number of amides is 1. The van der Waals surface area contributed by atoms with Gasteiger partial charge in [-0.1, -0.05) is 72.8 Å². The number of hydrogen-bond donors (Lipinski definition) is 2. The highest BCUT2D eigenvalue weighted by atomic mass is 127. The molecule has 2 N–H and O–H groups in total. The summed E-state index contributed by atoms with van der Waals surface area (Å²) in [4.78, 5) is 17.4. The first-order valence-electron chi connectivity index (χ1n) is 13.8. The molecule has 0 aliphatic carbocycles. The summed E-state index contributed by atoms with van der Waals surface area (Å²) < 4.78 is 12.7. The van der Waals surface area contributed by atoms with Crippen molar-refractivity contribution in [1.29, 1.82) is 0 Å². The number of halogens is 1. The van der Waals surface area contributed by atoms with Crippen LogP contribution in [0, 0.1) is 3.57 Å². The Morgan fingerprint density at radius 2 is 1.73 bits per heavy atom. The molecule has 44 heavy (non-hydrogen) atoms. The van der Waals surface area contributed by atoms with E-state index in [4.69, 9.17) is 9.47 Å². The van der Waals surface area contributed by atoms with Crippen molar-refractivity contribution in [3.05, 3.63) is 135 Å². The molecule has 0 aliphatic heterocycles. The molecule has 0 bridgehead atoms. The Morgan fingerprint density at radius 1 is 0.955 bits per heavy atom. The summed E-state index contributed by atoms with van der Waals surface area (Å²) in [6.07, 6.45) is 1.59. The number of carbonyl (C=O) groups is 1. The third-order valence-electron chi connectivity index (χ3n) is 6.86. The van der Waals surface area contributed by atoms with E-state index in [1.807, 2.05) is 78.2 Å². The number of nitrogens with one attached hydrogen (secondary N) is 2. The van der Waals surface area contributed by atoms with E-state index >= 15 is 0 Å². The summed E-state index contributed by atoms with van der Waals surface area (Å²) in [6, 6.07) is 35.4. The van der Waals surface area contributed by atoms with Gasteiger partial charge < -0.3 is 14.8 Å². The third-order valence-corrected chi connectivity index (χ3v) is 8.41. The average Bonchev–Trinajstić information content (AvgIpc) is 3.53. The normalized spacial score (nSPS) is 11.0. The van der Waals surface area contributed by atoms with Crippen LogP contribution in [0.4, 0.5) is 10.8 Å². The molecule has 218 valence electrons. The molecule has 7 nitrogen and oxygen atoms in total. The lowest BCUT2D eigenvalue weighted by Gasteiger charge is -2.14. The number of benzene rings is 5. The first-order chi connectivity index (χ1) is 21.6. The number of ether oxygens (including phenoxy) is 2. The fourth-order valence-electron chi connectivity index (χ4n) is 4.65. The van der Waals surface area contributed by atoms with Crippen LogP contribution in [0.5, 0.6) is 11.5 Å². The van der Waals surface area contributed by atoms with Gasteiger partial charge in [0.05, 0.1) is 22.6 Å². The molecule has 0 atom stereocenters. The van der Waals surface area contributed by atoms with Crippen molar-refractivity contribution < 1.29 is 14.3 Å². The first kappa shape index (κ1) is 29.3. The molecule has 9 heteroatoms. The molecule has 0 spiro atoms. The Balaban J connectivity index is 1.07. The number of anilines is 2. The molecule has 0 fully saturated rings. The van der Waals surface area contributed by atoms with Gasteiger partial charge in [-0.15, -0.1) is 11.3 Å². The Morgan fingerprint density at radius 3 is 2.55 bits per heavy atom. The van der Waals surface area contributed by atoms with Gasteiger partial charge in [0.1, 0.15) is 6.61 Å². The molecule has 0 aliphatic rings. The van der Waals surface area contributed by atoms with E-state index in [2.05, 4.69) is 67.7 Å². The number of thiazole rings is 1. The van der Waals surface area contributed by atoms with Crippen LogP contribution in [-0.4, -0.2) is 24.2 Å². The second-order valence-electron chi connectivity index (χ2n) is 9.77. The van der Waals surface area contributed by atoms with Crippen LogP contribution in [0.25, 0.3) is 22.0 Å². The van der Waals surface area contributed by atoms with E-state index in [-0.39, 0.29) is 5.91 Å². The maximum atomic E-state index is 12.8. The number of fused-ring (bicyclic) bond motifs is 1. The topological polar surface area (TPSA) is 84.8 Å². The van der Waals surface area contributed by atoms with Gasteiger partial charge in [0.25, 0.3) is 5.91 Å². The summed E-state index contributed by atoms with van der Waals surface area (Å²) in [5.41, 5.74) is 7.71. The van der Waals surface area contributed by atoms with Crippen LogP contribution in [0.15, 0.2) is 120 Å². The lowest BCUT2D eigenvalue weighted by Crippen LogP contribution is -2.17. The van der Waals surface area contributed by atoms with Crippen molar-refractivity contribution in [3.63, 3.8) is 0 Å². The van der Waals surface area contributed by atoms with E-state index in [1.54, 1.807) is 25.5 Å². The van der Waals surface area contributed by atoms with Crippen LogP contribution in [-0.2, 0) is 6.61 Å². The second kappa shape index (κ2) is 13.7. The fraction of sp³-hybridized carbons (Fsp3) is 0.0571. The Labute approximate surface area is 272 Å². The zero-order valence-corrected chi connectivity index (χ0v) is 26.6. The summed E-state index contributed by atoms with van der Waals surface area (Å²) in [5, 5.41) is 12.6. The molecule has 1 aromatic heterocycles. The quantitative estimate of drug-likeness (QED) is 0.0845. The summed E-state index contributed by atoms with van der Waals surface area (Å²) >= 11 is 3.75. The lowest BCUT2D eigenvalue weighted by molar-refractivity contribution is 0.0955. The highest BCUT2D eigenvalue weighted by Crippen LogP contribution is 2.35. The van der Waals surface area contributed by atoms with Crippen molar-refractivity contribution in [1.82, 2.24) is 10.4 Å². The Hall–Kier alpha value is -4.74. The molecule has 0 saturated carbocycles. The van der Waals surface area contributed by atoms with Crippen molar-refractivity contribution in [2.24, 2.45) is 5.10 Å². The molecule has 0 radical (unpaired) electrons. The number of aromatic nitrogens is 1. The Kier molecular flexibility index (Phi) is 9.14. The van der Waals surface area contributed by atoms with Crippen LogP contribution in [0.3, 0.4) is 0 Å². The highest BCUT2D eigenvalue weighted by molar-refractivity contribution is 14.1. The molecule has 0 unspecified atom stereocenters. The summed E-state index contributed by atoms with van der Waals surface area (Å²) in [7, 11) is 1.61. The maximum Gasteiger partial charge on any atom is 0.271 e. The van der Waals surface area contributed by atoms with E-state index in [9.17, 15) is 4.79 Å². The third kappa shape index (κ3) is 6.90. The maximum absolute atomic E-state index is 12.8. The first-order valence-corrected chi connectivity index (χ1v) is 15.7. The fourth-order valence-corrected chi connectivity index (χ4v) is 6.17. The number of hydrazone groups is 1. The summed E-state index contributed by atoms with van der Waals surface area (Å²) in [6.45, 7) is 0.407. The van der Waals surface area contributed by atoms with Gasteiger partial charge in [-0.3, -0.25) is 4.79 Å². The zero-order chi connectivity index (χ0) is 30.3. The van der Waals surface area contributed by atoms with Crippen LogP contribution in [0.1, 0.15) is 21.5 Å². The lowest BCUT2D eigenvalue weighted by atomic mass is 10.1. The van der Waals surface area contributed by atoms with Gasteiger partial charge in [0.15, 0.2) is 16.6 Å². The monoisotopic (exact) mass is 710 g/mol. The molecule has 1 amide bonds. The van der Waals surface area contributed by atoms with Crippen LogP contribution in [0.2, 0.25) is 0 Å². The smallest absolute Gasteiger partial charge is 0.271 e. The minimum atomic E-state index is -0.311.